The molecule has 0 saturated carbocycles. The van der Waals surface area contributed by atoms with Crippen molar-refractivity contribution < 1.29 is 13.6 Å². The summed E-state index contributed by atoms with van der Waals surface area (Å²) in [5.41, 5.74) is -0.412. The number of rotatable bonds is 5. The number of anilines is 2. The molecule has 112 valence electrons. The smallest absolute Gasteiger partial charge is 0.270 e. The number of hydrogen-bond donors (Lipinski definition) is 2. The zero-order valence-electron chi connectivity index (χ0n) is 11.5. The van der Waals surface area contributed by atoms with Gasteiger partial charge in [-0.05, 0) is 23.8 Å². The lowest BCUT2D eigenvalue weighted by molar-refractivity contribution is 0.102. The average Bonchev–Trinajstić information content (AvgIpc) is 2.83. The number of aryl methyl sites for hydroxylation is 1. The molecule has 1 amide bonds. The third-order valence-electron chi connectivity index (χ3n) is 2.59. The molecule has 0 spiro atoms. The van der Waals surface area contributed by atoms with Gasteiger partial charge in [0.15, 0.2) is 0 Å². The highest BCUT2D eigenvalue weighted by atomic mass is 19.1. The van der Waals surface area contributed by atoms with Crippen LogP contribution < -0.4 is 10.6 Å². The monoisotopic (exact) mass is 296 g/mol. The van der Waals surface area contributed by atoms with Crippen LogP contribution in [0.15, 0.2) is 12.1 Å². The van der Waals surface area contributed by atoms with Crippen molar-refractivity contribution >= 4 is 17.5 Å². The second-order valence-electron chi connectivity index (χ2n) is 4.30. The fraction of sp³-hybridized carbons (Fsp3) is 0.333. The minimum atomic E-state index is -0.833. The Morgan fingerprint density at radius 2 is 2.00 bits per heavy atom. The highest BCUT2D eigenvalue weighted by molar-refractivity contribution is 6.03. The molecule has 0 fully saturated rings. The van der Waals surface area contributed by atoms with E-state index >= 15 is 0 Å². The molecule has 7 nitrogen and oxygen atoms in total. The number of carbonyl (C=O) groups is 1. The largest absolute Gasteiger partial charge is 0.380 e. The zero-order chi connectivity index (χ0) is 15.4. The van der Waals surface area contributed by atoms with E-state index in [0.29, 0.717) is 6.54 Å². The number of nitrogens with zero attached hydrogens (tertiary/aromatic N) is 4. The van der Waals surface area contributed by atoms with Crippen LogP contribution in [0.25, 0.3) is 0 Å². The van der Waals surface area contributed by atoms with Gasteiger partial charge in [0.1, 0.15) is 17.3 Å². The Bertz CT molecular complexity index is 634. The van der Waals surface area contributed by atoms with Gasteiger partial charge in [0.25, 0.3) is 11.9 Å². The van der Waals surface area contributed by atoms with E-state index in [0.717, 1.165) is 23.4 Å². The number of benzene rings is 1. The Morgan fingerprint density at radius 3 is 2.52 bits per heavy atom. The van der Waals surface area contributed by atoms with Crippen LogP contribution in [-0.2, 0) is 7.05 Å². The van der Waals surface area contributed by atoms with Crippen molar-refractivity contribution in [3.8, 4) is 0 Å². The topological polar surface area (TPSA) is 84.7 Å². The van der Waals surface area contributed by atoms with Crippen LogP contribution in [-0.4, -0.2) is 32.7 Å². The summed E-state index contributed by atoms with van der Waals surface area (Å²) < 4.78 is 27.6. The third kappa shape index (κ3) is 3.50. The van der Waals surface area contributed by atoms with Crippen LogP contribution in [0.5, 0.6) is 0 Å². The van der Waals surface area contributed by atoms with Crippen molar-refractivity contribution in [2.75, 3.05) is 17.2 Å². The van der Waals surface area contributed by atoms with Gasteiger partial charge in [0.05, 0.1) is 7.05 Å². The number of aromatic nitrogens is 4. The number of nitrogens with one attached hydrogen (secondary N) is 2. The lowest BCUT2D eigenvalue weighted by Gasteiger charge is -2.09. The first kappa shape index (κ1) is 14.8. The van der Waals surface area contributed by atoms with E-state index in [1.165, 1.54) is 7.05 Å². The Kier molecular flexibility index (Phi) is 4.41. The summed E-state index contributed by atoms with van der Waals surface area (Å²) >= 11 is 0. The van der Waals surface area contributed by atoms with Gasteiger partial charge in [0.2, 0.25) is 0 Å². The molecule has 2 rings (SSSR count). The second kappa shape index (κ2) is 6.25. The molecule has 1 aromatic heterocycles. The van der Waals surface area contributed by atoms with E-state index in [-0.39, 0.29) is 17.2 Å². The zero-order valence-corrected chi connectivity index (χ0v) is 11.5. The van der Waals surface area contributed by atoms with Crippen molar-refractivity contribution in [2.45, 2.75) is 13.3 Å². The van der Waals surface area contributed by atoms with E-state index < -0.39 is 17.5 Å². The standard InChI is InChI=1S/C12H14F2N6O/c1-3-4-15-10-8(13)5-7(6-9(10)14)11(21)16-12-17-19-20(2)18-12/h5-6,15H,3-4H2,1-2H3,(H,16,18,21). The highest BCUT2D eigenvalue weighted by Gasteiger charge is 2.16. The van der Waals surface area contributed by atoms with Gasteiger partial charge in [0, 0.05) is 12.1 Å². The molecule has 0 saturated heterocycles. The molecule has 1 aromatic carbocycles. The Labute approximate surface area is 119 Å². The van der Waals surface area contributed by atoms with Gasteiger partial charge in [-0.1, -0.05) is 12.0 Å². The van der Waals surface area contributed by atoms with Crippen molar-refractivity contribution in [1.29, 1.82) is 0 Å². The van der Waals surface area contributed by atoms with E-state index in [9.17, 15) is 13.6 Å². The predicted molar refractivity (Wildman–Crippen MR) is 71.9 cm³/mol. The SMILES string of the molecule is CCCNc1c(F)cc(C(=O)Nc2nnn(C)n2)cc1F. The summed E-state index contributed by atoms with van der Waals surface area (Å²) in [5.74, 6) is -2.43. The number of carbonyl (C=O) groups excluding carboxylic acids is 1. The first-order chi connectivity index (χ1) is 10.0. The number of hydrogen-bond acceptors (Lipinski definition) is 5. The maximum Gasteiger partial charge on any atom is 0.270 e. The van der Waals surface area contributed by atoms with E-state index in [2.05, 4.69) is 26.0 Å². The van der Waals surface area contributed by atoms with Crippen LogP contribution in [0.2, 0.25) is 0 Å². The molecular weight excluding hydrogens is 282 g/mol. The third-order valence-corrected chi connectivity index (χ3v) is 2.59. The summed E-state index contributed by atoms with van der Waals surface area (Å²) in [6.07, 6.45) is 0.722. The highest BCUT2D eigenvalue weighted by Crippen LogP contribution is 2.21. The molecule has 0 radical (unpaired) electrons. The Hall–Kier alpha value is -2.58. The quantitative estimate of drug-likeness (QED) is 0.874. The van der Waals surface area contributed by atoms with Gasteiger partial charge < -0.3 is 5.32 Å². The van der Waals surface area contributed by atoms with Crippen LogP contribution in [0.4, 0.5) is 20.4 Å². The van der Waals surface area contributed by atoms with Gasteiger partial charge in [-0.3, -0.25) is 10.1 Å². The van der Waals surface area contributed by atoms with Crippen molar-refractivity contribution in [1.82, 2.24) is 20.2 Å². The van der Waals surface area contributed by atoms with Crippen LogP contribution in [0.3, 0.4) is 0 Å². The van der Waals surface area contributed by atoms with Gasteiger partial charge in [-0.2, -0.15) is 4.80 Å². The van der Waals surface area contributed by atoms with Crippen molar-refractivity contribution in [3.05, 3.63) is 29.3 Å². The first-order valence-electron chi connectivity index (χ1n) is 6.29. The summed E-state index contributed by atoms with van der Waals surface area (Å²) in [6, 6.07) is 1.90. The summed E-state index contributed by atoms with van der Waals surface area (Å²) in [7, 11) is 1.52. The van der Waals surface area contributed by atoms with Crippen LogP contribution in [0, 0.1) is 11.6 Å². The average molecular weight is 296 g/mol. The molecule has 1 heterocycles. The number of amides is 1. The fourth-order valence-electron chi connectivity index (χ4n) is 1.63. The lowest BCUT2D eigenvalue weighted by Crippen LogP contribution is -2.15. The maximum absolute atomic E-state index is 13.8. The van der Waals surface area contributed by atoms with E-state index in [1.54, 1.807) is 0 Å². The molecule has 0 aliphatic carbocycles. The molecule has 0 bridgehead atoms. The minimum Gasteiger partial charge on any atom is -0.380 e. The van der Waals surface area contributed by atoms with Gasteiger partial charge in [-0.25, -0.2) is 8.78 Å². The van der Waals surface area contributed by atoms with Crippen molar-refractivity contribution in [2.24, 2.45) is 7.05 Å². The summed E-state index contributed by atoms with van der Waals surface area (Å²) in [4.78, 5) is 13.0. The molecule has 2 N–H and O–H groups in total. The molecular formula is C12H14F2N6O. The minimum absolute atomic E-state index is 0.0449. The normalized spacial score (nSPS) is 10.5. The van der Waals surface area contributed by atoms with E-state index in [1.807, 2.05) is 6.92 Å². The second-order valence-corrected chi connectivity index (χ2v) is 4.30. The maximum atomic E-state index is 13.8. The Morgan fingerprint density at radius 1 is 1.33 bits per heavy atom. The molecule has 0 aliphatic heterocycles. The Balaban J connectivity index is 2.18. The lowest BCUT2D eigenvalue weighted by atomic mass is 10.1. The van der Waals surface area contributed by atoms with Crippen LogP contribution >= 0.6 is 0 Å². The van der Waals surface area contributed by atoms with Crippen molar-refractivity contribution in [3.63, 3.8) is 0 Å². The molecule has 0 aliphatic rings. The van der Waals surface area contributed by atoms with Gasteiger partial charge >= 0.3 is 0 Å². The predicted octanol–water partition coefficient (Wildman–Crippen LogP) is 1.56. The fourth-order valence-corrected chi connectivity index (χ4v) is 1.63. The number of halogens is 2. The number of tetrazole rings is 1. The first-order valence-corrected chi connectivity index (χ1v) is 6.29. The molecule has 2 aromatic rings. The van der Waals surface area contributed by atoms with Gasteiger partial charge in [-0.15, -0.1) is 5.10 Å². The van der Waals surface area contributed by atoms with Crippen LogP contribution in [0.1, 0.15) is 23.7 Å². The molecule has 0 atom stereocenters. The summed E-state index contributed by atoms with van der Waals surface area (Å²) in [5, 5.41) is 15.8. The molecule has 0 unspecified atom stereocenters. The summed E-state index contributed by atoms with van der Waals surface area (Å²) in [6.45, 7) is 2.31. The molecule has 9 heteroatoms. The molecule has 21 heavy (non-hydrogen) atoms. The van der Waals surface area contributed by atoms with E-state index in [4.69, 9.17) is 0 Å².